The second kappa shape index (κ2) is 13.0. The summed E-state index contributed by atoms with van der Waals surface area (Å²) in [6.45, 7) is -0.00772. The first kappa shape index (κ1) is 29.0. The minimum Gasteiger partial charge on any atom is -0.481 e. The number of amides is 2. The van der Waals surface area contributed by atoms with Gasteiger partial charge in [-0.15, -0.1) is 0 Å². The number of aliphatic carboxylic acids is 1. The maximum atomic E-state index is 13.8. The molecule has 0 saturated heterocycles. The summed E-state index contributed by atoms with van der Waals surface area (Å²) in [6, 6.07) is 25.4. The van der Waals surface area contributed by atoms with Gasteiger partial charge in [0.25, 0.3) is 5.91 Å². The Kier molecular flexibility index (Phi) is 8.76. The van der Waals surface area contributed by atoms with E-state index in [4.69, 9.17) is 9.52 Å². The summed E-state index contributed by atoms with van der Waals surface area (Å²) < 4.78 is 33.5. The van der Waals surface area contributed by atoms with E-state index in [-0.39, 0.29) is 25.1 Å². The van der Waals surface area contributed by atoms with Gasteiger partial charge in [0.1, 0.15) is 29.0 Å². The first-order valence-electron chi connectivity index (χ1n) is 13.4. The maximum Gasteiger partial charge on any atom is 0.305 e. The molecule has 0 radical (unpaired) electrons. The molecular formula is C33H27F2N3O5. The first-order chi connectivity index (χ1) is 20.7. The molecule has 4 aromatic carbocycles. The van der Waals surface area contributed by atoms with E-state index in [0.29, 0.717) is 23.1 Å². The predicted molar refractivity (Wildman–Crippen MR) is 159 cm³/mol. The fourth-order valence-corrected chi connectivity index (χ4v) is 4.53. The van der Waals surface area contributed by atoms with Crippen molar-refractivity contribution in [2.75, 3.05) is 17.2 Å². The van der Waals surface area contributed by atoms with Crippen LogP contribution in [0, 0.1) is 11.6 Å². The molecule has 218 valence electrons. The number of nitrogens with one attached hydrogen (secondary N) is 3. The number of hydrogen-bond donors (Lipinski definition) is 4. The van der Waals surface area contributed by atoms with Gasteiger partial charge in [-0.25, -0.2) is 8.78 Å². The number of halogens is 2. The molecule has 0 aliphatic heterocycles. The van der Waals surface area contributed by atoms with Crippen molar-refractivity contribution in [3.05, 3.63) is 120 Å². The minimum absolute atomic E-state index is 0.00772. The molecule has 2 amide bonds. The molecule has 4 N–H and O–H groups in total. The standard InChI is InChI=1S/C33H27F2N3O5/c34-24-17-25(35)19-27(18-24)38-33(42)28(37-26-11-9-22(10-12-26)32(41)36-14-13-31(39)40)15-20-5-7-21(8-6-20)30-16-23-3-1-2-4-29(23)43-30/h1-12,16-19,28,37H,13-15H2,(H,36,41)(H,38,42)(H,39,40). The SMILES string of the molecule is O=C(O)CCNC(=O)c1ccc(NC(Cc2ccc(-c3cc4ccccc4o3)cc2)C(=O)Nc2cc(F)cc(F)c2)cc1. The Hall–Kier alpha value is -5.51. The van der Waals surface area contributed by atoms with Gasteiger partial charge in [-0.1, -0.05) is 42.5 Å². The van der Waals surface area contributed by atoms with Crippen LogP contribution in [0.15, 0.2) is 101 Å². The third-order valence-corrected chi connectivity index (χ3v) is 6.66. The molecule has 5 aromatic rings. The molecule has 0 aliphatic carbocycles. The van der Waals surface area contributed by atoms with Crippen molar-refractivity contribution in [1.29, 1.82) is 0 Å². The summed E-state index contributed by atoms with van der Waals surface area (Å²) in [4.78, 5) is 36.3. The van der Waals surface area contributed by atoms with Crippen LogP contribution in [0.5, 0.6) is 0 Å². The lowest BCUT2D eigenvalue weighted by atomic mass is 10.0. The number of carboxylic acids is 1. The highest BCUT2D eigenvalue weighted by Gasteiger charge is 2.21. The number of hydrogen-bond acceptors (Lipinski definition) is 5. The Labute approximate surface area is 245 Å². The van der Waals surface area contributed by atoms with Crippen LogP contribution in [0.4, 0.5) is 20.2 Å². The lowest BCUT2D eigenvalue weighted by molar-refractivity contribution is -0.136. The van der Waals surface area contributed by atoms with Crippen LogP contribution in [0.25, 0.3) is 22.3 Å². The number of carbonyl (C=O) groups excluding carboxylic acids is 2. The van der Waals surface area contributed by atoms with Gasteiger partial charge in [0.2, 0.25) is 5.91 Å². The Bertz CT molecular complexity index is 1710. The zero-order chi connectivity index (χ0) is 30.3. The molecule has 0 saturated carbocycles. The Morgan fingerprint density at radius 3 is 2.19 bits per heavy atom. The molecule has 43 heavy (non-hydrogen) atoms. The fourth-order valence-electron chi connectivity index (χ4n) is 4.53. The summed E-state index contributed by atoms with van der Waals surface area (Å²) >= 11 is 0. The van der Waals surface area contributed by atoms with Gasteiger partial charge in [-0.3, -0.25) is 14.4 Å². The lowest BCUT2D eigenvalue weighted by Gasteiger charge is -2.20. The molecule has 5 rings (SSSR count). The molecular weight excluding hydrogens is 556 g/mol. The van der Waals surface area contributed by atoms with Gasteiger partial charge in [0.15, 0.2) is 0 Å². The molecule has 0 spiro atoms. The van der Waals surface area contributed by atoms with E-state index in [2.05, 4.69) is 16.0 Å². The topological polar surface area (TPSA) is 121 Å². The molecule has 1 unspecified atom stereocenters. The Morgan fingerprint density at radius 1 is 0.814 bits per heavy atom. The Balaban J connectivity index is 1.33. The summed E-state index contributed by atoms with van der Waals surface area (Å²) in [5.41, 5.74) is 3.26. The second-order valence-electron chi connectivity index (χ2n) is 9.87. The third-order valence-electron chi connectivity index (χ3n) is 6.66. The second-order valence-corrected chi connectivity index (χ2v) is 9.87. The molecule has 10 heteroatoms. The molecule has 8 nitrogen and oxygen atoms in total. The van der Waals surface area contributed by atoms with E-state index in [1.54, 1.807) is 12.1 Å². The molecule has 0 fully saturated rings. The molecule has 1 atom stereocenters. The summed E-state index contributed by atoms with van der Waals surface area (Å²) in [5, 5.41) is 18.0. The van der Waals surface area contributed by atoms with Crippen LogP contribution in [0.1, 0.15) is 22.3 Å². The molecule has 1 heterocycles. The van der Waals surface area contributed by atoms with Gasteiger partial charge in [0.05, 0.1) is 6.42 Å². The monoisotopic (exact) mass is 583 g/mol. The van der Waals surface area contributed by atoms with E-state index >= 15 is 0 Å². The van der Waals surface area contributed by atoms with Crippen molar-refractivity contribution in [1.82, 2.24) is 5.32 Å². The number of benzene rings is 4. The number of anilines is 2. The van der Waals surface area contributed by atoms with E-state index in [9.17, 15) is 23.2 Å². The Morgan fingerprint density at radius 2 is 1.51 bits per heavy atom. The van der Waals surface area contributed by atoms with E-state index in [1.807, 2.05) is 54.6 Å². The molecule has 1 aromatic heterocycles. The van der Waals surface area contributed by atoms with Crippen LogP contribution in [-0.4, -0.2) is 35.5 Å². The van der Waals surface area contributed by atoms with Crippen molar-refractivity contribution in [2.24, 2.45) is 0 Å². The van der Waals surface area contributed by atoms with Crippen molar-refractivity contribution in [3.63, 3.8) is 0 Å². The summed E-state index contributed by atoms with van der Waals surface area (Å²) in [6.07, 6.45) is 0.0259. The van der Waals surface area contributed by atoms with E-state index in [1.165, 1.54) is 12.1 Å². The number of carboxylic acid groups (broad SMARTS) is 1. The highest BCUT2D eigenvalue weighted by atomic mass is 19.1. The zero-order valence-electron chi connectivity index (χ0n) is 22.8. The van der Waals surface area contributed by atoms with Crippen molar-refractivity contribution < 1.29 is 32.7 Å². The maximum absolute atomic E-state index is 13.8. The van der Waals surface area contributed by atoms with Crippen LogP contribution < -0.4 is 16.0 Å². The smallest absolute Gasteiger partial charge is 0.305 e. The van der Waals surface area contributed by atoms with Gasteiger partial charge < -0.3 is 25.5 Å². The van der Waals surface area contributed by atoms with Crippen molar-refractivity contribution in [3.8, 4) is 11.3 Å². The van der Waals surface area contributed by atoms with E-state index in [0.717, 1.165) is 34.2 Å². The number of carbonyl (C=O) groups is 3. The van der Waals surface area contributed by atoms with Crippen molar-refractivity contribution >= 4 is 40.1 Å². The van der Waals surface area contributed by atoms with Gasteiger partial charge >= 0.3 is 5.97 Å². The molecule has 0 aliphatic rings. The normalized spacial score (nSPS) is 11.6. The number of rotatable bonds is 11. The number of furan rings is 1. The van der Waals surface area contributed by atoms with Crippen LogP contribution in [0.3, 0.4) is 0 Å². The van der Waals surface area contributed by atoms with Crippen LogP contribution >= 0.6 is 0 Å². The predicted octanol–water partition coefficient (Wildman–Crippen LogP) is 6.24. The number of fused-ring (bicyclic) bond motifs is 1. The average Bonchev–Trinajstić information content (AvgIpc) is 3.41. The largest absolute Gasteiger partial charge is 0.481 e. The van der Waals surface area contributed by atoms with Crippen molar-refractivity contribution in [2.45, 2.75) is 18.9 Å². The summed E-state index contributed by atoms with van der Waals surface area (Å²) in [5.74, 6) is -2.91. The quantitative estimate of drug-likeness (QED) is 0.146. The highest BCUT2D eigenvalue weighted by molar-refractivity contribution is 5.97. The zero-order valence-corrected chi connectivity index (χ0v) is 22.8. The lowest BCUT2D eigenvalue weighted by Crippen LogP contribution is -2.36. The minimum atomic E-state index is -1.02. The van der Waals surface area contributed by atoms with Gasteiger partial charge in [-0.05, 0) is 54.1 Å². The van der Waals surface area contributed by atoms with Crippen LogP contribution in [-0.2, 0) is 16.0 Å². The van der Waals surface area contributed by atoms with E-state index < -0.39 is 35.5 Å². The van der Waals surface area contributed by atoms with Crippen LogP contribution in [0.2, 0.25) is 0 Å². The summed E-state index contributed by atoms with van der Waals surface area (Å²) in [7, 11) is 0. The first-order valence-corrected chi connectivity index (χ1v) is 13.4. The highest BCUT2D eigenvalue weighted by Crippen LogP contribution is 2.28. The fraction of sp³-hybridized carbons (Fsp3) is 0.121. The van der Waals surface area contributed by atoms with Gasteiger partial charge in [0, 0.05) is 46.9 Å². The average molecular weight is 584 g/mol. The van der Waals surface area contributed by atoms with Gasteiger partial charge in [-0.2, -0.15) is 0 Å². The number of para-hydroxylation sites is 1. The molecule has 0 bridgehead atoms. The third kappa shape index (κ3) is 7.62.